The van der Waals surface area contributed by atoms with Crippen molar-refractivity contribution in [2.24, 2.45) is 23.7 Å². The Morgan fingerprint density at radius 3 is 1.77 bits per heavy atom. The van der Waals surface area contributed by atoms with E-state index < -0.39 is 0 Å². The monoisotopic (exact) mass is 412 g/mol. The third-order valence-electron chi connectivity index (χ3n) is 8.27. The summed E-state index contributed by atoms with van der Waals surface area (Å²) in [5.41, 5.74) is 1.49. The van der Waals surface area contributed by atoms with Crippen LogP contribution in [-0.2, 0) is 6.42 Å². The third-order valence-corrected chi connectivity index (χ3v) is 8.27. The van der Waals surface area contributed by atoms with Crippen molar-refractivity contribution in [3.63, 3.8) is 0 Å². The van der Waals surface area contributed by atoms with Gasteiger partial charge in [0, 0.05) is 0 Å². The molecule has 3 rings (SSSR count). The first-order valence-electron chi connectivity index (χ1n) is 13.5. The standard InChI is InChI=1S/C29H48O/c1-3-5-7-25-13-15-26(16-14-25)8-6-23-30-29-21-19-28(20-22-29)18-17-27-11-9-24(4-2)10-12-27/h19-22,24-27H,3-18,23H2,1-2H3/t24-,25-,26-,27-. The molecule has 30 heavy (non-hydrogen) atoms. The lowest BCUT2D eigenvalue weighted by Crippen LogP contribution is -2.15. The Kier molecular flexibility index (Phi) is 10.6. The summed E-state index contributed by atoms with van der Waals surface area (Å²) in [6, 6.07) is 8.99. The summed E-state index contributed by atoms with van der Waals surface area (Å²) in [6.45, 7) is 5.56. The molecule has 1 aromatic rings. The van der Waals surface area contributed by atoms with Crippen LogP contribution in [0, 0.1) is 23.7 Å². The van der Waals surface area contributed by atoms with E-state index in [2.05, 4.69) is 38.1 Å². The van der Waals surface area contributed by atoms with E-state index in [9.17, 15) is 0 Å². The number of hydrogen-bond donors (Lipinski definition) is 0. The van der Waals surface area contributed by atoms with E-state index in [1.54, 1.807) is 0 Å². The average Bonchev–Trinajstić information content (AvgIpc) is 2.81. The van der Waals surface area contributed by atoms with E-state index in [-0.39, 0.29) is 0 Å². The topological polar surface area (TPSA) is 9.23 Å². The quantitative estimate of drug-likeness (QED) is 0.311. The summed E-state index contributed by atoms with van der Waals surface area (Å²) in [6.07, 6.45) is 22.6. The van der Waals surface area contributed by atoms with Crippen LogP contribution in [0.3, 0.4) is 0 Å². The van der Waals surface area contributed by atoms with Crippen LogP contribution in [-0.4, -0.2) is 6.61 Å². The first kappa shape index (κ1) is 23.7. The Balaban J connectivity index is 1.25. The summed E-state index contributed by atoms with van der Waals surface area (Å²) in [5, 5.41) is 0. The van der Waals surface area contributed by atoms with Crippen molar-refractivity contribution in [2.45, 2.75) is 117 Å². The van der Waals surface area contributed by atoms with Gasteiger partial charge in [0.05, 0.1) is 6.61 Å². The van der Waals surface area contributed by atoms with Gasteiger partial charge in [0.1, 0.15) is 5.75 Å². The smallest absolute Gasteiger partial charge is 0.119 e. The van der Waals surface area contributed by atoms with Gasteiger partial charge in [0.2, 0.25) is 0 Å². The highest BCUT2D eigenvalue weighted by molar-refractivity contribution is 5.27. The van der Waals surface area contributed by atoms with E-state index in [4.69, 9.17) is 4.74 Å². The molecule has 1 nitrogen and oxygen atoms in total. The fourth-order valence-corrected chi connectivity index (χ4v) is 5.92. The van der Waals surface area contributed by atoms with E-state index in [1.165, 1.54) is 108 Å². The maximum absolute atomic E-state index is 6.04. The van der Waals surface area contributed by atoms with Crippen molar-refractivity contribution in [3.05, 3.63) is 29.8 Å². The second-order valence-corrected chi connectivity index (χ2v) is 10.5. The maximum atomic E-state index is 6.04. The maximum Gasteiger partial charge on any atom is 0.119 e. The average molecular weight is 413 g/mol. The summed E-state index contributed by atoms with van der Waals surface area (Å²) in [5.74, 6) is 5.03. The van der Waals surface area contributed by atoms with Crippen LogP contribution >= 0.6 is 0 Å². The van der Waals surface area contributed by atoms with Crippen LogP contribution in [0.2, 0.25) is 0 Å². The number of ether oxygens (including phenoxy) is 1. The molecule has 2 fully saturated rings. The molecular weight excluding hydrogens is 364 g/mol. The van der Waals surface area contributed by atoms with Crippen LogP contribution in [0.4, 0.5) is 0 Å². The minimum absolute atomic E-state index is 0.885. The minimum atomic E-state index is 0.885. The minimum Gasteiger partial charge on any atom is -0.494 e. The molecule has 0 unspecified atom stereocenters. The molecule has 170 valence electrons. The Morgan fingerprint density at radius 1 is 0.667 bits per heavy atom. The summed E-state index contributed by atoms with van der Waals surface area (Å²) < 4.78 is 6.04. The lowest BCUT2D eigenvalue weighted by molar-refractivity contribution is 0.228. The highest BCUT2D eigenvalue weighted by Crippen LogP contribution is 2.34. The molecule has 0 aliphatic heterocycles. The summed E-state index contributed by atoms with van der Waals surface area (Å²) >= 11 is 0. The number of hydrogen-bond acceptors (Lipinski definition) is 1. The normalized spacial score (nSPS) is 27.1. The molecule has 0 heterocycles. The molecular formula is C29H48O. The Labute approximate surface area is 187 Å². The molecule has 1 aromatic carbocycles. The zero-order valence-electron chi connectivity index (χ0n) is 20.0. The number of rotatable bonds is 12. The molecule has 0 bridgehead atoms. The SMILES string of the molecule is CCCC[C@H]1CC[C@H](CCCOc2ccc(CC[C@H]3CC[C@H](CC)CC3)cc2)CC1. The fourth-order valence-electron chi connectivity index (χ4n) is 5.92. The molecule has 0 amide bonds. The van der Waals surface area contributed by atoms with Crippen LogP contribution in [0.1, 0.15) is 116 Å². The van der Waals surface area contributed by atoms with Gasteiger partial charge < -0.3 is 4.74 Å². The second-order valence-electron chi connectivity index (χ2n) is 10.5. The number of benzene rings is 1. The van der Waals surface area contributed by atoms with Crippen LogP contribution in [0.15, 0.2) is 24.3 Å². The van der Waals surface area contributed by atoms with Gasteiger partial charge in [-0.2, -0.15) is 0 Å². The first-order valence-corrected chi connectivity index (χ1v) is 13.5. The molecule has 0 radical (unpaired) electrons. The number of unbranched alkanes of at least 4 members (excludes halogenated alkanes) is 1. The highest BCUT2D eigenvalue weighted by atomic mass is 16.5. The lowest BCUT2D eigenvalue weighted by atomic mass is 9.78. The fraction of sp³-hybridized carbons (Fsp3) is 0.793. The van der Waals surface area contributed by atoms with Crippen molar-refractivity contribution in [1.29, 1.82) is 0 Å². The Hall–Kier alpha value is -0.980. The van der Waals surface area contributed by atoms with Crippen LogP contribution < -0.4 is 4.74 Å². The molecule has 2 aliphatic carbocycles. The molecule has 0 aromatic heterocycles. The Morgan fingerprint density at radius 2 is 1.20 bits per heavy atom. The van der Waals surface area contributed by atoms with Gasteiger partial charge in [0.15, 0.2) is 0 Å². The van der Waals surface area contributed by atoms with E-state index >= 15 is 0 Å². The predicted molar refractivity (Wildman–Crippen MR) is 130 cm³/mol. The van der Waals surface area contributed by atoms with Gasteiger partial charge in [-0.3, -0.25) is 0 Å². The van der Waals surface area contributed by atoms with Gasteiger partial charge in [-0.1, -0.05) is 103 Å². The van der Waals surface area contributed by atoms with Crippen LogP contribution in [0.5, 0.6) is 5.75 Å². The van der Waals surface area contributed by atoms with Gasteiger partial charge in [0.25, 0.3) is 0 Å². The first-order chi connectivity index (χ1) is 14.8. The Bertz CT molecular complexity index is 546. The van der Waals surface area contributed by atoms with Crippen molar-refractivity contribution < 1.29 is 4.74 Å². The summed E-state index contributed by atoms with van der Waals surface area (Å²) in [7, 11) is 0. The zero-order chi connectivity index (χ0) is 21.0. The highest BCUT2D eigenvalue weighted by Gasteiger charge is 2.21. The van der Waals surface area contributed by atoms with Crippen molar-refractivity contribution >= 4 is 0 Å². The van der Waals surface area contributed by atoms with Gasteiger partial charge in [-0.15, -0.1) is 0 Å². The van der Waals surface area contributed by atoms with Crippen LogP contribution in [0.25, 0.3) is 0 Å². The number of aryl methyl sites for hydroxylation is 1. The van der Waals surface area contributed by atoms with Gasteiger partial charge in [-0.25, -0.2) is 0 Å². The van der Waals surface area contributed by atoms with Crippen molar-refractivity contribution in [2.75, 3.05) is 6.61 Å². The van der Waals surface area contributed by atoms with E-state index in [0.29, 0.717) is 0 Å². The van der Waals surface area contributed by atoms with Crippen molar-refractivity contribution in [1.82, 2.24) is 0 Å². The third kappa shape index (κ3) is 8.27. The molecule has 2 aliphatic rings. The predicted octanol–water partition coefficient (Wildman–Crippen LogP) is 8.99. The van der Waals surface area contributed by atoms with Gasteiger partial charge >= 0.3 is 0 Å². The summed E-state index contributed by atoms with van der Waals surface area (Å²) in [4.78, 5) is 0. The largest absolute Gasteiger partial charge is 0.494 e. The molecule has 0 N–H and O–H groups in total. The van der Waals surface area contributed by atoms with E-state index in [1.807, 2.05) is 0 Å². The zero-order valence-corrected chi connectivity index (χ0v) is 20.0. The lowest BCUT2D eigenvalue weighted by Gasteiger charge is -2.28. The second kappa shape index (κ2) is 13.4. The molecule has 0 atom stereocenters. The van der Waals surface area contributed by atoms with E-state index in [0.717, 1.165) is 36.0 Å². The molecule has 1 heteroatoms. The van der Waals surface area contributed by atoms with Crippen molar-refractivity contribution in [3.8, 4) is 5.75 Å². The van der Waals surface area contributed by atoms with Gasteiger partial charge in [-0.05, 0) is 67.1 Å². The molecule has 0 spiro atoms. The molecule has 2 saturated carbocycles. The molecule has 0 saturated heterocycles.